The molecule has 0 saturated heterocycles. The molecule has 2 rings (SSSR count). The zero-order chi connectivity index (χ0) is 19.5. The van der Waals surface area contributed by atoms with Crippen LogP contribution < -0.4 is 10.6 Å². The molecule has 0 aromatic heterocycles. The van der Waals surface area contributed by atoms with E-state index in [4.69, 9.17) is 0 Å². The molecule has 154 valence electrons. The van der Waals surface area contributed by atoms with E-state index in [2.05, 4.69) is 15.6 Å². The van der Waals surface area contributed by atoms with Crippen molar-refractivity contribution in [1.29, 1.82) is 0 Å². The van der Waals surface area contributed by atoms with Crippen LogP contribution in [0.3, 0.4) is 0 Å². The van der Waals surface area contributed by atoms with Crippen LogP contribution in [0.5, 0.6) is 0 Å². The lowest BCUT2D eigenvalue weighted by molar-refractivity contribution is 0.593. The van der Waals surface area contributed by atoms with E-state index >= 15 is 0 Å². The number of halogens is 2. The average molecular weight is 519 g/mol. The van der Waals surface area contributed by atoms with Gasteiger partial charge >= 0.3 is 0 Å². The summed E-state index contributed by atoms with van der Waals surface area (Å²) in [7, 11) is -3.28. The minimum Gasteiger partial charge on any atom is -0.357 e. The molecule has 0 amide bonds. The summed E-state index contributed by atoms with van der Waals surface area (Å²) in [5.74, 6) is 0.438. The lowest BCUT2D eigenvalue weighted by atomic mass is 10.1. The summed E-state index contributed by atoms with van der Waals surface area (Å²) in [5, 5.41) is 6.26. The largest absolute Gasteiger partial charge is 0.357 e. The van der Waals surface area contributed by atoms with Crippen LogP contribution in [0.25, 0.3) is 0 Å². The summed E-state index contributed by atoms with van der Waals surface area (Å²) in [6.07, 6.45) is 0.973. The van der Waals surface area contributed by atoms with Gasteiger partial charge in [0.1, 0.15) is 5.82 Å². The van der Waals surface area contributed by atoms with Gasteiger partial charge in [0, 0.05) is 19.6 Å². The van der Waals surface area contributed by atoms with Crippen LogP contribution in [0.15, 0.2) is 64.5 Å². The number of aliphatic imine (C=N–C) groups is 1. The van der Waals surface area contributed by atoms with Gasteiger partial charge in [-0.15, -0.1) is 24.0 Å². The second-order valence-electron chi connectivity index (χ2n) is 6.01. The van der Waals surface area contributed by atoms with Crippen molar-refractivity contribution in [2.24, 2.45) is 4.99 Å². The fraction of sp³-hybridized carbons (Fsp3) is 0.350. The molecule has 0 atom stereocenters. The quantitative estimate of drug-likeness (QED) is 0.231. The topological polar surface area (TPSA) is 70.6 Å². The number of nitrogens with zero attached hydrogens (tertiary/aromatic N) is 1. The van der Waals surface area contributed by atoms with Gasteiger partial charge in [0.2, 0.25) is 0 Å². The lowest BCUT2D eigenvalue weighted by Gasteiger charge is -2.11. The Kier molecular flexibility index (Phi) is 11.1. The fourth-order valence-electron chi connectivity index (χ4n) is 2.55. The maximum Gasteiger partial charge on any atom is 0.191 e. The fourth-order valence-corrected chi connectivity index (χ4v) is 3.87. The SMILES string of the molecule is CCNC(=NCCCS(=O)(=O)c1ccccc1)NCCc1ccccc1F.I. The first-order chi connectivity index (χ1) is 13.0. The first-order valence-corrected chi connectivity index (χ1v) is 10.7. The molecule has 0 aliphatic carbocycles. The molecular weight excluding hydrogens is 492 g/mol. The van der Waals surface area contributed by atoms with E-state index in [1.165, 1.54) is 6.07 Å². The Morgan fingerprint density at radius 1 is 1.04 bits per heavy atom. The van der Waals surface area contributed by atoms with Gasteiger partial charge in [-0.05, 0) is 43.5 Å². The summed E-state index contributed by atoms with van der Waals surface area (Å²) in [6, 6.07) is 15.1. The van der Waals surface area contributed by atoms with Crippen LogP contribution in [0.1, 0.15) is 18.9 Å². The Bertz CT molecular complexity index is 846. The van der Waals surface area contributed by atoms with Crippen LogP contribution >= 0.6 is 24.0 Å². The smallest absolute Gasteiger partial charge is 0.191 e. The van der Waals surface area contributed by atoms with Crippen LogP contribution in [-0.4, -0.2) is 39.8 Å². The summed E-state index contributed by atoms with van der Waals surface area (Å²) >= 11 is 0. The predicted molar refractivity (Wildman–Crippen MR) is 123 cm³/mol. The summed E-state index contributed by atoms with van der Waals surface area (Å²) in [5.41, 5.74) is 0.648. The molecule has 5 nitrogen and oxygen atoms in total. The van der Waals surface area contributed by atoms with E-state index in [1.807, 2.05) is 13.0 Å². The zero-order valence-electron chi connectivity index (χ0n) is 15.9. The molecular formula is C20H27FIN3O2S. The van der Waals surface area contributed by atoms with E-state index in [-0.39, 0.29) is 35.5 Å². The van der Waals surface area contributed by atoms with Crippen LogP contribution in [-0.2, 0) is 16.3 Å². The van der Waals surface area contributed by atoms with E-state index in [0.29, 0.717) is 48.9 Å². The number of sulfone groups is 1. The Morgan fingerprint density at radius 3 is 2.39 bits per heavy atom. The van der Waals surface area contributed by atoms with Gasteiger partial charge in [0.15, 0.2) is 15.8 Å². The summed E-state index contributed by atoms with van der Waals surface area (Å²) in [4.78, 5) is 4.74. The van der Waals surface area contributed by atoms with Crippen molar-refractivity contribution >= 4 is 39.8 Å². The molecule has 0 unspecified atom stereocenters. The van der Waals surface area contributed by atoms with Crippen LogP contribution in [0.4, 0.5) is 4.39 Å². The highest BCUT2D eigenvalue weighted by atomic mass is 127. The molecule has 2 N–H and O–H groups in total. The first-order valence-electron chi connectivity index (χ1n) is 9.06. The highest BCUT2D eigenvalue weighted by Crippen LogP contribution is 2.11. The van der Waals surface area contributed by atoms with Crippen molar-refractivity contribution in [1.82, 2.24) is 10.6 Å². The van der Waals surface area contributed by atoms with Crippen molar-refractivity contribution in [3.05, 3.63) is 66.0 Å². The second-order valence-corrected chi connectivity index (χ2v) is 8.12. The number of hydrogen-bond donors (Lipinski definition) is 2. The molecule has 0 spiro atoms. The maximum absolute atomic E-state index is 13.6. The molecule has 0 aliphatic rings. The number of hydrogen-bond acceptors (Lipinski definition) is 3. The van der Waals surface area contributed by atoms with Crippen molar-refractivity contribution in [3.63, 3.8) is 0 Å². The third kappa shape index (κ3) is 8.14. The van der Waals surface area contributed by atoms with Crippen LogP contribution in [0.2, 0.25) is 0 Å². The van der Waals surface area contributed by atoms with Gasteiger partial charge in [-0.25, -0.2) is 12.8 Å². The summed E-state index contributed by atoms with van der Waals surface area (Å²) < 4.78 is 38.1. The van der Waals surface area contributed by atoms with Crippen molar-refractivity contribution in [2.75, 3.05) is 25.4 Å². The minimum absolute atomic E-state index is 0. The number of benzene rings is 2. The molecule has 28 heavy (non-hydrogen) atoms. The third-order valence-electron chi connectivity index (χ3n) is 3.93. The zero-order valence-corrected chi connectivity index (χ0v) is 19.0. The molecule has 0 heterocycles. The first kappa shape index (κ1) is 24.4. The standard InChI is InChI=1S/C20H26FN3O2S.HI/c1-2-22-20(24-15-13-17-9-6-7-12-19(17)21)23-14-8-16-27(25,26)18-10-4-3-5-11-18;/h3-7,9-12H,2,8,13-16H2,1H3,(H2,22,23,24);1H. The molecule has 0 bridgehead atoms. The Hall–Kier alpha value is -1.68. The van der Waals surface area contributed by atoms with Gasteiger partial charge in [0.05, 0.1) is 10.6 Å². The number of nitrogens with one attached hydrogen (secondary N) is 2. The molecule has 0 fully saturated rings. The molecule has 8 heteroatoms. The Balaban J connectivity index is 0.00000392. The van der Waals surface area contributed by atoms with Crippen LogP contribution in [0, 0.1) is 5.82 Å². The van der Waals surface area contributed by atoms with Gasteiger partial charge in [0.25, 0.3) is 0 Å². The van der Waals surface area contributed by atoms with E-state index in [0.717, 1.165) is 0 Å². The monoisotopic (exact) mass is 519 g/mol. The molecule has 2 aromatic rings. The maximum atomic E-state index is 13.6. The summed E-state index contributed by atoms with van der Waals surface area (Å²) in [6.45, 7) is 3.57. The van der Waals surface area contributed by atoms with Gasteiger partial charge in [-0.1, -0.05) is 36.4 Å². The molecule has 0 aliphatic heterocycles. The molecule has 0 radical (unpaired) electrons. The van der Waals surface area contributed by atoms with Crippen molar-refractivity contribution < 1.29 is 12.8 Å². The van der Waals surface area contributed by atoms with Gasteiger partial charge in [-0.3, -0.25) is 4.99 Å². The number of rotatable bonds is 9. The highest BCUT2D eigenvalue weighted by Gasteiger charge is 2.12. The van der Waals surface area contributed by atoms with Crippen molar-refractivity contribution in [3.8, 4) is 0 Å². The normalized spacial score (nSPS) is 11.6. The third-order valence-corrected chi connectivity index (χ3v) is 5.75. The second kappa shape index (κ2) is 12.7. The van der Waals surface area contributed by atoms with E-state index in [9.17, 15) is 12.8 Å². The molecule has 2 aromatic carbocycles. The van der Waals surface area contributed by atoms with Gasteiger partial charge < -0.3 is 10.6 Å². The van der Waals surface area contributed by atoms with E-state index < -0.39 is 9.84 Å². The van der Waals surface area contributed by atoms with Gasteiger partial charge in [-0.2, -0.15) is 0 Å². The molecule has 0 saturated carbocycles. The Morgan fingerprint density at radius 2 is 1.71 bits per heavy atom. The lowest BCUT2D eigenvalue weighted by Crippen LogP contribution is -2.38. The Labute approximate surface area is 183 Å². The van der Waals surface area contributed by atoms with Crippen molar-refractivity contribution in [2.45, 2.75) is 24.7 Å². The number of guanidine groups is 1. The predicted octanol–water partition coefficient (Wildman–Crippen LogP) is 3.41. The van der Waals surface area contributed by atoms with E-state index in [1.54, 1.807) is 42.5 Å². The average Bonchev–Trinajstić information content (AvgIpc) is 2.67. The minimum atomic E-state index is -3.28. The highest BCUT2D eigenvalue weighted by molar-refractivity contribution is 14.0.